The maximum absolute atomic E-state index is 10.5. The number of aliphatic carboxylic acids is 1. The lowest BCUT2D eigenvalue weighted by atomic mass is 10.2. The van der Waals surface area contributed by atoms with Gasteiger partial charge in [0.05, 0.1) is 20.6 Å². The number of carbonyl (C=O) groups is 1. The Morgan fingerprint density at radius 1 is 1.35 bits per heavy atom. The first-order valence-corrected chi connectivity index (χ1v) is 5.27. The molecule has 1 atom stereocenters. The van der Waals surface area contributed by atoms with Gasteiger partial charge in [-0.05, 0) is 19.1 Å². The molecule has 5 heteroatoms. The number of methoxy groups -OCH3 is 2. The molecule has 0 radical (unpaired) electrons. The molecule has 1 rings (SSSR count). The Morgan fingerprint density at radius 3 is 2.53 bits per heavy atom. The van der Waals surface area contributed by atoms with E-state index in [1.807, 2.05) is 13.0 Å². The summed E-state index contributed by atoms with van der Waals surface area (Å²) in [5, 5.41) is 11.7. The maximum atomic E-state index is 10.5. The Bertz CT molecular complexity index is 392. The quantitative estimate of drug-likeness (QED) is 0.794. The predicted molar refractivity (Wildman–Crippen MR) is 64.9 cm³/mol. The monoisotopic (exact) mass is 239 g/mol. The van der Waals surface area contributed by atoms with Crippen LogP contribution in [-0.2, 0) is 4.79 Å². The molecule has 0 aliphatic rings. The predicted octanol–water partition coefficient (Wildman–Crippen LogP) is 1.98. The number of hydrogen-bond donors (Lipinski definition) is 2. The normalized spacial score (nSPS) is 11.7. The van der Waals surface area contributed by atoms with Crippen LogP contribution in [0.4, 0.5) is 5.69 Å². The zero-order valence-electron chi connectivity index (χ0n) is 10.2. The Hall–Kier alpha value is -1.91. The van der Waals surface area contributed by atoms with Crippen molar-refractivity contribution in [2.75, 3.05) is 19.5 Å². The smallest absolute Gasteiger partial charge is 0.305 e. The molecular formula is C12H17NO4. The third-order valence-electron chi connectivity index (χ3n) is 2.28. The van der Waals surface area contributed by atoms with E-state index in [0.717, 1.165) is 5.69 Å². The highest BCUT2D eigenvalue weighted by Gasteiger charge is 2.09. The largest absolute Gasteiger partial charge is 0.493 e. The average molecular weight is 239 g/mol. The summed E-state index contributed by atoms with van der Waals surface area (Å²) in [5.74, 6) is 0.425. The molecular weight excluding hydrogens is 222 g/mol. The van der Waals surface area contributed by atoms with Crippen molar-refractivity contribution in [1.29, 1.82) is 0 Å². The summed E-state index contributed by atoms with van der Waals surface area (Å²) in [7, 11) is 3.13. The molecule has 0 saturated carbocycles. The highest BCUT2D eigenvalue weighted by atomic mass is 16.5. The zero-order valence-corrected chi connectivity index (χ0v) is 10.2. The molecule has 0 aliphatic carbocycles. The second-order valence-electron chi connectivity index (χ2n) is 3.71. The number of benzene rings is 1. The molecule has 2 N–H and O–H groups in total. The average Bonchev–Trinajstić information content (AvgIpc) is 2.27. The molecule has 0 spiro atoms. The van der Waals surface area contributed by atoms with Crippen molar-refractivity contribution in [1.82, 2.24) is 0 Å². The highest BCUT2D eigenvalue weighted by molar-refractivity contribution is 5.68. The fraction of sp³-hybridized carbons (Fsp3) is 0.417. The molecule has 1 unspecified atom stereocenters. The van der Waals surface area contributed by atoms with Crippen LogP contribution in [0.2, 0.25) is 0 Å². The molecule has 1 aromatic rings. The Morgan fingerprint density at radius 2 is 2.00 bits per heavy atom. The van der Waals surface area contributed by atoms with Gasteiger partial charge in [-0.25, -0.2) is 0 Å². The van der Waals surface area contributed by atoms with Gasteiger partial charge >= 0.3 is 5.97 Å². The van der Waals surface area contributed by atoms with Gasteiger partial charge in [0.15, 0.2) is 11.5 Å². The van der Waals surface area contributed by atoms with Crippen LogP contribution in [0, 0.1) is 0 Å². The minimum Gasteiger partial charge on any atom is -0.493 e. The van der Waals surface area contributed by atoms with Gasteiger partial charge in [-0.2, -0.15) is 0 Å². The van der Waals surface area contributed by atoms with E-state index in [2.05, 4.69) is 5.32 Å². The fourth-order valence-electron chi connectivity index (χ4n) is 1.52. The van der Waals surface area contributed by atoms with Gasteiger partial charge < -0.3 is 19.9 Å². The summed E-state index contributed by atoms with van der Waals surface area (Å²) in [6, 6.07) is 5.22. The first-order chi connectivity index (χ1) is 8.06. The van der Waals surface area contributed by atoms with E-state index in [0.29, 0.717) is 11.5 Å². The molecule has 94 valence electrons. The molecule has 1 aromatic carbocycles. The van der Waals surface area contributed by atoms with Crippen molar-refractivity contribution in [2.24, 2.45) is 0 Å². The van der Waals surface area contributed by atoms with E-state index >= 15 is 0 Å². The summed E-state index contributed by atoms with van der Waals surface area (Å²) in [4.78, 5) is 10.5. The minimum atomic E-state index is -0.828. The molecule has 0 heterocycles. The minimum absolute atomic E-state index is 0.0638. The zero-order chi connectivity index (χ0) is 12.8. The van der Waals surface area contributed by atoms with Gasteiger partial charge in [-0.1, -0.05) is 0 Å². The molecule has 17 heavy (non-hydrogen) atoms. The lowest BCUT2D eigenvalue weighted by Gasteiger charge is -2.15. The SMILES string of the molecule is COc1ccc(NC(C)CC(=O)O)cc1OC. The highest BCUT2D eigenvalue weighted by Crippen LogP contribution is 2.30. The van der Waals surface area contributed by atoms with Crippen LogP contribution in [0.25, 0.3) is 0 Å². The summed E-state index contributed by atoms with van der Waals surface area (Å²) in [6.45, 7) is 1.81. The maximum Gasteiger partial charge on any atom is 0.305 e. The van der Waals surface area contributed by atoms with E-state index in [9.17, 15) is 4.79 Å². The van der Waals surface area contributed by atoms with Gasteiger partial charge in [0.1, 0.15) is 0 Å². The van der Waals surface area contributed by atoms with Crippen LogP contribution < -0.4 is 14.8 Å². The third-order valence-corrected chi connectivity index (χ3v) is 2.28. The van der Waals surface area contributed by atoms with Crippen molar-refractivity contribution in [3.63, 3.8) is 0 Å². The molecule has 0 amide bonds. The number of carboxylic acids is 1. The van der Waals surface area contributed by atoms with Crippen LogP contribution in [0.3, 0.4) is 0 Å². The summed E-state index contributed by atoms with van der Waals surface area (Å²) >= 11 is 0. The Balaban J connectivity index is 2.75. The lowest BCUT2D eigenvalue weighted by Crippen LogP contribution is -2.19. The van der Waals surface area contributed by atoms with E-state index in [-0.39, 0.29) is 12.5 Å². The molecule has 0 aliphatic heterocycles. The van der Waals surface area contributed by atoms with Crippen molar-refractivity contribution >= 4 is 11.7 Å². The first kappa shape index (κ1) is 13.2. The van der Waals surface area contributed by atoms with Gasteiger partial charge in [0.25, 0.3) is 0 Å². The van der Waals surface area contributed by atoms with E-state index < -0.39 is 5.97 Å². The van der Waals surface area contributed by atoms with Crippen molar-refractivity contribution < 1.29 is 19.4 Å². The topological polar surface area (TPSA) is 67.8 Å². The van der Waals surface area contributed by atoms with Crippen molar-refractivity contribution in [3.05, 3.63) is 18.2 Å². The molecule has 0 saturated heterocycles. The van der Waals surface area contributed by atoms with E-state index in [4.69, 9.17) is 14.6 Å². The molecule has 0 fully saturated rings. The summed E-state index contributed by atoms with van der Waals surface area (Å²) in [6.07, 6.45) is 0.0638. The Labute approximate surface area is 100 Å². The van der Waals surface area contributed by atoms with Crippen molar-refractivity contribution in [2.45, 2.75) is 19.4 Å². The van der Waals surface area contributed by atoms with E-state index in [1.54, 1.807) is 26.4 Å². The van der Waals surface area contributed by atoms with Crippen LogP contribution in [-0.4, -0.2) is 31.3 Å². The third kappa shape index (κ3) is 3.86. The van der Waals surface area contributed by atoms with Gasteiger partial charge in [0.2, 0.25) is 0 Å². The molecule has 0 aromatic heterocycles. The number of hydrogen-bond acceptors (Lipinski definition) is 4. The van der Waals surface area contributed by atoms with E-state index in [1.165, 1.54) is 0 Å². The first-order valence-electron chi connectivity index (χ1n) is 5.27. The number of ether oxygens (including phenoxy) is 2. The summed E-state index contributed by atoms with van der Waals surface area (Å²) in [5.41, 5.74) is 0.802. The summed E-state index contributed by atoms with van der Waals surface area (Å²) < 4.78 is 10.3. The van der Waals surface area contributed by atoms with Gasteiger partial charge in [-0.15, -0.1) is 0 Å². The fourth-order valence-corrected chi connectivity index (χ4v) is 1.52. The van der Waals surface area contributed by atoms with Gasteiger partial charge in [0, 0.05) is 17.8 Å². The van der Waals surface area contributed by atoms with Crippen LogP contribution in [0.1, 0.15) is 13.3 Å². The second-order valence-corrected chi connectivity index (χ2v) is 3.71. The standard InChI is InChI=1S/C12H17NO4/c1-8(6-12(14)15)13-9-4-5-10(16-2)11(7-9)17-3/h4-5,7-8,13H,6H2,1-3H3,(H,14,15). The molecule has 0 bridgehead atoms. The second kappa shape index (κ2) is 5.98. The number of nitrogens with one attached hydrogen (secondary N) is 1. The van der Waals surface area contributed by atoms with Gasteiger partial charge in [-0.3, -0.25) is 4.79 Å². The number of rotatable bonds is 6. The van der Waals surface area contributed by atoms with Crippen LogP contribution in [0.15, 0.2) is 18.2 Å². The van der Waals surface area contributed by atoms with Crippen molar-refractivity contribution in [3.8, 4) is 11.5 Å². The van der Waals surface area contributed by atoms with Crippen LogP contribution in [0.5, 0.6) is 11.5 Å². The lowest BCUT2D eigenvalue weighted by molar-refractivity contribution is -0.137. The number of anilines is 1. The van der Waals surface area contributed by atoms with Crippen LogP contribution >= 0.6 is 0 Å². The Kier molecular flexibility index (Phi) is 4.63. The molecule has 5 nitrogen and oxygen atoms in total. The number of carboxylic acid groups (broad SMARTS) is 1.